The fraction of sp³-hybridized carbons (Fsp3) is 0.318. The van der Waals surface area contributed by atoms with Crippen molar-refractivity contribution >= 4 is 38.5 Å². The molecule has 3 rings (SSSR count). The van der Waals surface area contributed by atoms with Gasteiger partial charge >= 0.3 is 16.2 Å². The molecule has 160 valence electrons. The molecule has 3 aromatic rings. The lowest BCUT2D eigenvalue weighted by molar-refractivity contribution is 0.256. The van der Waals surface area contributed by atoms with Crippen LogP contribution >= 0.6 is 0 Å². The number of aromatic nitrogens is 1. The highest BCUT2D eigenvalue weighted by atomic mass is 32.2. The molecule has 0 unspecified atom stereocenters. The molecule has 8 heteroatoms. The van der Waals surface area contributed by atoms with Crippen LogP contribution in [0.2, 0.25) is 0 Å². The van der Waals surface area contributed by atoms with Crippen LogP contribution in [0, 0.1) is 0 Å². The average molecular weight is 429 g/mol. The lowest BCUT2D eigenvalue weighted by Crippen LogP contribution is -2.38. The summed E-state index contributed by atoms with van der Waals surface area (Å²) in [6, 6.07) is 12.2. The van der Waals surface area contributed by atoms with Crippen molar-refractivity contribution in [2.45, 2.75) is 39.5 Å². The molecule has 1 heterocycles. The molecular weight excluding hydrogens is 400 g/mol. The molecule has 1 aromatic heterocycles. The minimum absolute atomic E-state index is 0.172. The zero-order chi connectivity index (χ0) is 22.1. The molecule has 7 nitrogen and oxygen atoms in total. The first-order valence-electron chi connectivity index (χ1n) is 9.87. The fourth-order valence-corrected chi connectivity index (χ4v) is 4.25. The zero-order valence-electron chi connectivity index (χ0n) is 17.9. The van der Waals surface area contributed by atoms with E-state index in [1.807, 2.05) is 80.6 Å². The summed E-state index contributed by atoms with van der Waals surface area (Å²) in [5, 5.41) is 3.74. The number of para-hydroxylation sites is 1. The van der Waals surface area contributed by atoms with Crippen LogP contribution in [0.3, 0.4) is 0 Å². The first kappa shape index (κ1) is 21.7. The Morgan fingerprint density at radius 1 is 0.967 bits per heavy atom. The lowest BCUT2D eigenvalue weighted by Gasteiger charge is -2.20. The first-order valence-corrected chi connectivity index (χ1v) is 11.3. The monoisotopic (exact) mass is 428 g/mol. The van der Waals surface area contributed by atoms with Gasteiger partial charge < -0.3 is 9.88 Å². The van der Waals surface area contributed by atoms with E-state index in [1.165, 1.54) is 0 Å². The van der Waals surface area contributed by atoms with Gasteiger partial charge in [0, 0.05) is 24.4 Å². The second-order valence-corrected chi connectivity index (χ2v) is 9.40. The van der Waals surface area contributed by atoms with Crippen molar-refractivity contribution in [2.24, 2.45) is 7.05 Å². The summed E-state index contributed by atoms with van der Waals surface area (Å²) in [6.07, 6.45) is 1.90. The Labute approximate surface area is 177 Å². The number of carbonyl (C=O) groups is 1. The Balaban J connectivity index is 1.79. The minimum atomic E-state index is -4.11. The molecule has 0 aliphatic carbocycles. The van der Waals surface area contributed by atoms with E-state index in [0.29, 0.717) is 11.4 Å². The highest BCUT2D eigenvalue weighted by molar-refractivity contribution is 7.91. The minimum Gasteiger partial charge on any atom is -0.350 e. The van der Waals surface area contributed by atoms with Crippen molar-refractivity contribution in [3.05, 3.63) is 59.8 Å². The third-order valence-corrected chi connectivity index (χ3v) is 5.94. The predicted molar refractivity (Wildman–Crippen MR) is 122 cm³/mol. The molecule has 2 amide bonds. The number of urea groups is 1. The van der Waals surface area contributed by atoms with Crippen LogP contribution in [0.1, 0.15) is 50.7 Å². The number of hydrogen-bond donors (Lipinski definition) is 3. The summed E-state index contributed by atoms with van der Waals surface area (Å²) in [5.74, 6) is 0.344. The highest BCUT2D eigenvalue weighted by Crippen LogP contribution is 2.32. The van der Waals surface area contributed by atoms with Gasteiger partial charge in [0.2, 0.25) is 0 Å². The molecular formula is C22H28N4O3S. The number of anilines is 2. The molecule has 0 atom stereocenters. The van der Waals surface area contributed by atoms with E-state index in [4.69, 9.17) is 0 Å². The average Bonchev–Trinajstić information content (AvgIpc) is 3.01. The van der Waals surface area contributed by atoms with E-state index in [2.05, 4.69) is 10.0 Å². The van der Waals surface area contributed by atoms with Crippen molar-refractivity contribution in [2.75, 3.05) is 10.0 Å². The quantitative estimate of drug-likeness (QED) is 0.521. The number of aryl methyl sites for hydroxylation is 1. The number of amides is 2. The van der Waals surface area contributed by atoms with Gasteiger partial charge in [-0.05, 0) is 46.5 Å². The van der Waals surface area contributed by atoms with Gasteiger partial charge in [0.25, 0.3) is 0 Å². The van der Waals surface area contributed by atoms with Crippen molar-refractivity contribution in [3.8, 4) is 0 Å². The molecule has 0 saturated heterocycles. The van der Waals surface area contributed by atoms with Crippen molar-refractivity contribution in [3.63, 3.8) is 0 Å². The van der Waals surface area contributed by atoms with E-state index < -0.39 is 16.2 Å². The summed E-state index contributed by atoms with van der Waals surface area (Å²) >= 11 is 0. The second-order valence-electron chi connectivity index (χ2n) is 7.98. The van der Waals surface area contributed by atoms with Crippen LogP contribution in [-0.2, 0) is 17.3 Å². The second kappa shape index (κ2) is 8.39. The van der Waals surface area contributed by atoms with Crippen LogP contribution < -0.4 is 14.8 Å². The number of hydrogen-bond acceptors (Lipinski definition) is 3. The van der Waals surface area contributed by atoms with Gasteiger partial charge in [0.1, 0.15) is 0 Å². The fourth-order valence-electron chi connectivity index (χ4n) is 3.46. The molecule has 30 heavy (non-hydrogen) atoms. The van der Waals surface area contributed by atoms with Crippen LogP contribution in [0.5, 0.6) is 0 Å². The van der Waals surface area contributed by atoms with Gasteiger partial charge in [-0.1, -0.05) is 52.0 Å². The van der Waals surface area contributed by atoms with E-state index in [0.717, 1.165) is 22.0 Å². The van der Waals surface area contributed by atoms with Crippen molar-refractivity contribution in [1.29, 1.82) is 0 Å². The van der Waals surface area contributed by atoms with Crippen molar-refractivity contribution < 1.29 is 13.2 Å². The predicted octanol–water partition coefficient (Wildman–Crippen LogP) is 4.90. The SMILES string of the molecule is CC(C)c1cccc(C(C)C)c1NC(=O)NS(=O)(=O)Nc1ccc2ccn(C)c2c1. The molecule has 3 N–H and O–H groups in total. The van der Waals surface area contributed by atoms with Gasteiger partial charge in [-0.25, -0.2) is 9.52 Å². The molecule has 0 spiro atoms. The topological polar surface area (TPSA) is 92.2 Å². The van der Waals surface area contributed by atoms with Crippen molar-refractivity contribution in [1.82, 2.24) is 9.29 Å². The summed E-state index contributed by atoms with van der Waals surface area (Å²) in [5.41, 5.74) is 3.81. The van der Waals surface area contributed by atoms with E-state index in [9.17, 15) is 13.2 Å². The Morgan fingerprint density at radius 2 is 1.60 bits per heavy atom. The van der Waals surface area contributed by atoms with E-state index >= 15 is 0 Å². The number of rotatable bonds is 6. The van der Waals surface area contributed by atoms with Crippen LogP contribution in [-0.4, -0.2) is 19.0 Å². The Hall–Kier alpha value is -3.00. The summed E-state index contributed by atoms with van der Waals surface area (Å²) in [6.45, 7) is 8.11. The summed E-state index contributed by atoms with van der Waals surface area (Å²) in [7, 11) is -2.23. The summed E-state index contributed by atoms with van der Waals surface area (Å²) in [4.78, 5) is 12.5. The van der Waals surface area contributed by atoms with E-state index in [1.54, 1.807) is 12.1 Å². The number of carbonyl (C=O) groups excluding carboxylic acids is 1. The van der Waals surface area contributed by atoms with Gasteiger partial charge in [0.15, 0.2) is 0 Å². The first-order chi connectivity index (χ1) is 14.1. The molecule has 0 aliphatic rings. The summed E-state index contributed by atoms with van der Waals surface area (Å²) < 4.78 is 31.4. The third kappa shape index (κ3) is 4.76. The maximum atomic E-state index is 12.5. The van der Waals surface area contributed by atoms with Crippen LogP contribution in [0.15, 0.2) is 48.7 Å². The van der Waals surface area contributed by atoms with E-state index in [-0.39, 0.29) is 11.8 Å². The standard InChI is InChI=1S/C22H28N4O3S/c1-14(2)18-7-6-8-19(15(3)4)21(18)23-22(27)25-30(28,29)24-17-10-9-16-11-12-26(5)20(16)13-17/h6-15,24H,1-5H3,(H2,23,25,27). The molecule has 0 saturated carbocycles. The largest absolute Gasteiger partial charge is 0.350 e. The van der Waals surface area contributed by atoms with Gasteiger partial charge in [-0.15, -0.1) is 0 Å². The number of nitrogens with one attached hydrogen (secondary N) is 3. The third-order valence-electron chi connectivity index (χ3n) is 4.98. The van der Waals surface area contributed by atoms with Gasteiger partial charge in [-0.2, -0.15) is 8.42 Å². The number of nitrogens with zero attached hydrogens (tertiary/aromatic N) is 1. The van der Waals surface area contributed by atoms with Crippen LogP contribution in [0.4, 0.5) is 16.2 Å². The normalized spacial score (nSPS) is 11.8. The Morgan fingerprint density at radius 3 is 2.20 bits per heavy atom. The smallest absolute Gasteiger partial charge is 0.334 e. The molecule has 0 fully saturated rings. The zero-order valence-corrected chi connectivity index (χ0v) is 18.7. The molecule has 0 radical (unpaired) electrons. The van der Waals surface area contributed by atoms with Crippen LogP contribution in [0.25, 0.3) is 10.9 Å². The maximum Gasteiger partial charge on any atom is 0.334 e. The Kier molecular flexibility index (Phi) is 6.07. The molecule has 2 aromatic carbocycles. The number of fused-ring (bicyclic) bond motifs is 1. The Bertz CT molecular complexity index is 1150. The van der Waals surface area contributed by atoms with Gasteiger partial charge in [-0.3, -0.25) is 4.72 Å². The maximum absolute atomic E-state index is 12.5. The number of benzene rings is 2. The molecule has 0 aliphatic heterocycles. The highest BCUT2D eigenvalue weighted by Gasteiger charge is 2.19. The molecule has 0 bridgehead atoms. The van der Waals surface area contributed by atoms with Gasteiger partial charge in [0.05, 0.1) is 5.69 Å². The lowest BCUT2D eigenvalue weighted by atomic mass is 9.93.